The van der Waals surface area contributed by atoms with E-state index in [9.17, 15) is 9.18 Å². The number of aliphatic imine (C=N–C) groups is 1. The van der Waals surface area contributed by atoms with Gasteiger partial charge < -0.3 is 24.8 Å². The lowest BCUT2D eigenvalue weighted by Gasteiger charge is -2.36. The molecule has 0 unspecified atom stereocenters. The zero-order valence-corrected chi connectivity index (χ0v) is 20.9. The van der Waals surface area contributed by atoms with E-state index in [0.717, 1.165) is 61.3 Å². The van der Waals surface area contributed by atoms with E-state index in [2.05, 4.69) is 22.1 Å². The van der Waals surface area contributed by atoms with Crippen molar-refractivity contribution in [1.82, 2.24) is 20.1 Å². The Morgan fingerprint density at radius 1 is 1.22 bits per heavy atom. The maximum atomic E-state index is 13.6. The fraction of sp³-hybridized carbons (Fsp3) is 0.565. The Bertz CT molecular complexity index is 920. The molecule has 2 aliphatic heterocycles. The average Bonchev–Trinajstić information content (AvgIpc) is 3.21. The van der Waals surface area contributed by atoms with Crippen LogP contribution in [-0.4, -0.2) is 79.1 Å². The molecule has 176 valence electrons. The molecule has 2 N–H and O–H groups in total. The first kappa shape index (κ1) is 24.8. The molecule has 32 heavy (non-hydrogen) atoms. The number of hydrogen-bond acceptors (Lipinski definition) is 3. The van der Waals surface area contributed by atoms with Crippen LogP contribution in [0.4, 0.5) is 4.39 Å². The topological polar surface area (TPSA) is 73.0 Å². The predicted molar refractivity (Wildman–Crippen MR) is 135 cm³/mol. The lowest BCUT2D eigenvalue weighted by molar-refractivity contribution is -0.140. The van der Waals surface area contributed by atoms with Crippen molar-refractivity contribution < 1.29 is 13.9 Å². The Morgan fingerprint density at radius 2 is 1.97 bits per heavy atom. The molecule has 4 rings (SSSR count). The van der Waals surface area contributed by atoms with Crippen LogP contribution in [0.3, 0.4) is 0 Å². The number of likely N-dealkylation sites (tertiary alicyclic amines) is 1. The summed E-state index contributed by atoms with van der Waals surface area (Å²) >= 11 is 0. The molecule has 3 heterocycles. The van der Waals surface area contributed by atoms with Gasteiger partial charge in [-0.05, 0) is 49.9 Å². The second-order valence-electron chi connectivity index (χ2n) is 8.19. The highest BCUT2D eigenvalue weighted by atomic mass is 127. The lowest BCUT2D eigenvalue weighted by atomic mass is 9.95. The van der Waals surface area contributed by atoms with Gasteiger partial charge in [0.15, 0.2) is 5.96 Å². The molecule has 1 aromatic heterocycles. The minimum absolute atomic E-state index is 0. The molecule has 0 spiro atoms. The summed E-state index contributed by atoms with van der Waals surface area (Å²) in [4.78, 5) is 25.0. The third-order valence-electron chi connectivity index (χ3n) is 6.17. The predicted octanol–water partition coefficient (Wildman–Crippen LogP) is 3.00. The first-order valence-corrected chi connectivity index (χ1v) is 11.3. The average molecular weight is 557 g/mol. The number of amides is 1. The molecule has 0 saturated carbocycles. The van der Waals surface area contributed by atoms with Gasteiger partial charge in [-0.15, -0.1) is 24.0 Å². The number of aromatic nitrogens is 1. The van der Waals surface area contributed by atoms with E-state index in [1.807, 2.05) is 11.1 Å². The molecule has 2 aromatic rings. The molecule has 0 radical (unpaired) electrons. The number of morpholine rings is 1. The van der Waals surface area contributed by atoms with E-state index in [1.54, 1.807) is 12.1 Å². The van der Waals surface area contributed by atoms with Crippen LogP contribution in [0.25, 0.3) is 10.9 Å². The molecular formula is C23H33FIN5O2. The molecule has 2 fully saturated rings. The van der Waals surface area contributed by atoms with Crippen LogP contribution in [0.2, 0.25) is 0 Å². The van der Waals surface area contributed by atoms with Crippen LogP contribution >= 0.6 is 24.0 Å². The summed E-state index contributed by atoms with van der Waals surface area (Å²) in [5.74, 6) is 1.04. The molecule has 7 nitrogen and oxygen atoms in total. The summed E-state index contributed by atoms with van der Waals surface area (Å²) < 4.78 is 19.0. The first-order chi connectivity index (χ1) is 15.2. The number of nitrogens with one attached hydrogen (secondary N) is 2. The fourth-order valence-electron chi connectivity index (χ4n) is 4.45. The normalized spacial score (nSPS) is 18.0. The number of carbonyl (C=O) groups excluding carboxylic acids is 1. The third-order valence-corrected chi connectivity index (χ3v) is 6.17. The number of ether oxygens (including phenoxy) is 1. The van der Waals surface area contributed by atoms with Crippen molar-refractivity contribution in [2.75, 3.05) is 52.5 Å². The molecule has 1 aromatic carbocycles. The van der Waals surface area contributed by atoms with Crippen molar-refractivity contribution >= 4 is 46.7 Å². The first-order valence-electron chi connectivity index (χ1n) is 11.3. The lowest BCUT2D eigenvalue weighted by Crippen LogP contribution is -2.50. The Morgan fingerprint density at radius 3 is 2.69 bits per heavy atom. The summed E-state index contributed by atoms with van der Waals surface area (Å²) in [5, 5.41) is 4.30. The number of H-pyrrole nitrogens is 1. The highest BCUT2D eigenvalue weighted by Gasteiger charge is 2.30. The van der Waals surface area contributed by atoms with Crippen molar-refractivity contribution in [3.05, 3.63) is 35.8 Å². The number of carbonyl (C=O) groups is 1. The van der Waals surface area contributed by atoms with Gasteiger partial charge in [0.1, 0.15) is 5.82 Å². The number of hydrogen-bond donors (Lipinski definition) is 2. The van der Waals surface area contributed by atoms with Gasteiger partial charge in [-0.25, -0.2) is 4.39 Å². The molecule has 2 aliphatic rings. The number of rotatable bonds is 5. The highest BCUT2D eigenvalue weighted by Crippen LogP contribution is 2.22. The Hall–Kier alpha value is -1.88. The van der Waals surface area contributed by atoms with Gasteiger partial charge in [-0.2, -0.15) is 0 Å². The van der Waals surface area contributed by atoms with Gasteiger partial charge in [0.2, 0.25) is 5.91 Å². The monoisotopic (exact) mass is 557 g/mol. The summed E-state index contributed by atoms with van der Waals surface area (Å²) in [7, 11) is 0. The number of benzene rings is 1. The molecule has 1 amide bonds. The number of guanidine groups is 1. The molecular weight excluding hydrogens is 524 g/mol. The largest absolute Gasteiger partial charge is 0.378 e. The summed E-state index contributed by atoms with van der Waals surface area (Å²) in [6.07, 6.45) is 4.38. The van der Waals surface area contributed by atoms with Crippen molar-refractivity contribution in [2.45, 2.75) is 26.2 Å². The second-order valence-corrected chi connectivity index (χ2v) is 8.19. The zero-order valence-electron chi connectivity index (χ0n) is 18.6. The van der Waals surface area contributed by atoms with Crippen molar-refractivity contribution in [2.24, 2.45) is 10.9 Å². The van der Waals surface area contributed by atoms with Crippen LogP contribution in [0, 0.1) is 11.7 Å². The molecule has 9 heteroatoms. The van der Waals surface area contributed by atoms with Crippen molar-refractivity contribution in [3.8, 4) is 0 Å². The van der Waals surface area contributed by atoms with Gasteiger partial charge in [0.05, 0.1) is 13.2 Å². The number of piperidine rings is 1. The maximum Gasteiger partial charge on any atom is 0.225 e. The van der Waals surface area contributed by atoms with Gasteiger partial charge >= 0.3 is 0 Å². The van der Waals surface area contributed by atoms with Gasteiger partial charge in [0.25, 0.3) is 0 Å². The van der Waals surface area contributed by atoms with Crippen LogP contribution in [-0.2, 0) is 16.0 Å². The Labute approximate surface area is 205 Å². The van der Waals surface area contributed by atoms with Crippen molar-refractivity contribution in [3.63, 3.8) is 0 Å². The van der Waals surface area contributed by atoms with E-state index in [4.69, 9.17) is 9.73 Å². The van der Waals surface area contributed by atoms with E-state index in [0.29, 0.717) is 32.8 Å². The van der Waals surface area contributed by atoms with Crippen LogP contribution in [0.1, 0.15) is 25.3 Å². The summed E-state index contributed by atoms with van der Waals surface area (Å²) in [5.41, 5.74) is 2.02. The molecule has 0 atom stereocenters. The fourth-order valence-corrected chi connectivity index (χ4v) is 4.45. The zero-order chi connectivity index (χ0) is 21.6. The minimum Gasteiger partial charge on any atom is -0.378 e. The summed E-state index contributed by atoms with van der Waals surface area (Å²) in [6.45, 7) is 7.84. The smallest absolute Gasteiger partial charge is 0.225 e. The standard InChI is InChI=1S/C23H32FN5O2.HI/c1-2-25-23(26-8-5-18-16-27-21-4-3-19(24)15-20(18)21)29-9-6-17(7-10-29)22(30)28-11-13-31-14-12-28;/h3-4,15-17,27H,2,5-14H2,1H3,(H,25,26);1H. The van der Waals surface area contributed by atoms with Crippen LogP contribution < -0.4 is 5.32 Å². The molecule has 0 aliphatic carbocycles. The second kappa shape index (κ2) is 11.8. The maximum absolute atomic E-state index is 13.6. The SMILES string of the molecule is CCNC(=NCCc1c[nH]c2ccc(F)cc12)N1CCC(C(=O)N2CCOCC2)CC1.I. The van der Waals surface area contributed by atoms with Crippen LogP contribution in [0.15, 0.2) is 29.4 Å². The molecule has 0 bridgehead atoms. The van der Waals surface area contributed by atoms with Crippen molar-refractivity contribution in [1.29, 1.82) is 0 Å². The summed E-state index contributed by atoms with van der Waals surface area (Å²) in [6, 6.07) is 4.81. The van der Waals surface area contributed by atoms with E-state index in [1.165, 1.54) is 6.07 Å². The number of nitrogens with zero attached hydrogens (tertiary/aromatic N) is 3. The highest BCUT2D eigenvalue weighted by molar-refractivity contribution is 14.0. The van der Waals surface area contributed by atoms with Gasteiger partial charge in [-0.3, -0.25) is 9.79 Å². The van der Waals surface area contributed by atoms with E-state index >= 15 is 0 Å². The van der Waals surface area contributed by atoms with Gasteiger partial charge in [0, 0.05) is 62.3 Å². The molecule has 2 saturated heterocycles. The van der Waals surface area contributed by atoms with E-state index < -0.39 is 0 Å². The minimum atomic E-state index is -0.223. The number of fused-ring (bicyclic) bond motifs is 1. The van der Waals surface area contributed by atoms with E-state index in [-0.39, 0.29) is 41.6 Å². The number of halogens is 2. The Kier molecular flexibility index (Phi) is 9.15. The van der Waals surface area contributed by atoms with Crippen LogP contribution in [0.5, 0.6) is 0 Å². The third kappa shape index (κ3) is 5.92. The van der Waals surface area contributed by atoms with Gasteiger partial charge in [-0.1, -0.05) is 0 Å². The Balaban J connectivity index is 0.00000289. The number of aromatic amines is 1. The quantitative estimate of drug-likeness (QED) is 0.337.